The van der Waals surface area contributed by atoms with Gasteiger partial charge in [0.1, 0.15) is 11.9 Å². The number of carbonyl (C=O) groups excluding carboxylic acids is 6. The number of amides is 6. The molecular formula is C41H41FN6O6. The minimum atomic E-state index is -0.982. The van der Waals surface area contributed by atoms with Crippen LogP contribution < -0.4 is 15.5 Å². The molecule has 0 spiro atoms. The van der Waals surface area contributed by atoms with Gasteiger partial charge in [-0.15, -0.1) is 0 Å². The lowest BCUT2D eigenvalue weighted by Crippen LogP contribution is -2.54. The maximum atomic E-state index is 14.1. The molecule has 1 atom stereocenters. The number of allylic oxidation sites excluding steroid dienone is 1. The van der Waals surface area contributed by atoms with E-state index in [0.717, 1.165) is 78.3 Å². The van der Waals surface area contributed by atoms with Gasteiger partial charge in [-0.25, -0.2) is 4.39 Å². The molecular weight excluding hydrogens is 691 g/mol. The van der Waals surface area contributed by atoms with Crippen molar-refractivity contribution in [2.45, 2.75) is 70.8 Å². The summed E-state index contributed by atoms with van der Waals surface area (Å²) in [5.41, 5.74) is 7.18. The van der Waals surface area contributed by atoms with E-state index in [2.05, 4.69) is 20.5 Å². The number of aromatic amines is 1. The summed E-state index contributed by atoms with van der Waals surface area (Å²) in [5.74, 6) is -1.54. The summed E-state index contributed by atoms with van der Waals surface area (Å²) in [5, 5.41) is 5.09. The summed E-state index contributed by atoms with van der Waals surface area (Å²) in [6, 6.07) is 8.64. The number of nitrogens with zero attached hydrogens (tertiary/aromatic N) is 3. The lowest BCUT2D eigenvalue weighted by atomic mass is 9.82. The summed E-state index contributed by atoms with van der Waals surface area (Å²) in [6.07, 6.45) is 6.47. The Hall–Kier alpha value is -5.59. The number of nitrogens with one attached hydrogen (secondary N) is 3. The van der Waals surface area contributed by atoms with Crippen molar-refractivity contribution in [3.05, 3.63) is 81.4 Å². The molecule has 13 heteroatoms. The molecule has 0 radical (unpaired) electrons. The van der Waals surface area contributed by atoms with Crippen molar-refractivity contribution in [2.75, 3.05) is 36.4 Å². The van der Waals surface area contributed by atoms with Crippen molar-refractivity contribution in [1.29, 1.82) is 0 Å². The Labute approximate surface area is 311 Å². The third kappa shape index (κ3) is 5.63. The number of fused-ring (bicyclic) bond motifs is 3. The van der Waals surface area contributed by atoms with E-state index in [1.807, 2.05) is 17.9 Å². The third-order valence-electron chi connectivity index (χ3n) is 12.4. The fourth-order valence-electron chi connectivity index (χ4n) is 9.62. The third-order valence-corrected chi connectivity index (χ3v) is 12.4. The van der Waals surface area contributed by atoms with Gasteiger partial charge in [0.05, 0.1) is 22.3 Å². The van der Waals surface area contributed by atoms with Crippen molar-refractivity contribution in [3.63, 3.8) is 0 Å². The second-order valence-corrected chi connectivity index (χ2v) is 15.6. The van der Waals surface area contributed by atoms with Crippen LogP contribution in [0.15, 0.2) is 36.4 Å². The zero-order chi connectivity index (χ0) is 37.4. The van der Waals surface area contributed by atoms with Crippen LogP contribution in [0.4, 0.5) is 15.8 Å². The second-order valence-electron chi connectivity index (χ2n) is 15.6. The normalized spacial score (nSPS) is 23.2. The van der Waals surface area contributed by atoms with Gasteiger partial charge in [0.25, 0.3) is 23.6 Å². The average Bonchev–Trinajstić information content (AvgIpc) is 3.87. The van der Waals surface area contributed by atoms with Crippen molar-refractivity contribution < 1.29 is 33.2 Å². The first-order chi connectivity index (χ1) is 26.0. The van der Waals surface area contributed by atoms with Crippen LogP contribution in [0.3, 0.4) is 0 Å². The first kappa shape index (κ1) is 34.2. The predicted molar refractivity (Wildman–Crippen MR) is 197 cm³/mol. The highest BCUT2D eigenvalue weighted by Gasteiger charge is 2.45. The van der Waals surface area contributed by atoms with Crippen molar-refractivity contribution in [1.82, 2.24) is 20.1 Å². The molecule has 1 aliphatic carbocycles. The number of imide groups is 2. The number of aryl methyl sites for hydroxylation is 1. The maximum absolute atomic E-state index is 14.1. The topological polar surface area (TPSA) is 152 Å². The van der Waals surface area contributed by atoms with Gasteiger partial charge in [-0.1, -0.05) is 0 Å². The standard InChI is InChI=1S/C41H41FN6O6/c1-21-34(27-5-6-28(36(27)43-21)35-30-19-24(42)2-7-31(30)44-38(35)51)41(54)47-16-12-23(13-17-47)18-22-10-14-46(15-11-22)25-3-4-26-29(20-25)40(53)48(39(26)52)32-8-9-33(49)45-37(32)50/h2-4,7,19-20,22-23,32,43H,5-6,8-18H2,1H3,(H,44,51)(H,45,49,50)/b35-28-. The van der Waals surface area contributed by atoms with Gasteiger partial charge in [0.2, 0.25) is 11.8 Å². The molecule has 6 aliphatic rings. The molecule has 6 amide bonds. The lowest BCUT2D eigenvalue weighted by molar-refractivity contribution is -0.136. The Balaban J connectivity index is 0.798. The minimum absolute atomic E-state index is 0.0279. The smallest absolute Gasteiger partial charge is 0.262 e. The predicted octanol–water partition coefficient (Wildman–Crippen LogP) is 4.83. The number of halogens is 1. The van der Waals surface area contributed by atoms with E-state index in [9.17, 15) is 33.2 Å². The Morgan fingerprint density at radius 2 is 1.52 bits per heavy atom. The van der Waals surface area contributed by atoms with Crippen LogP contribution in [0.2, 0.25) is 0 Å². The number of aromatic nitrogens is 1. The van der Waals surface area contributed by atoms with Gasteiger partial charge in [-0.2, -0.15) is 0 Å². The quantitative estimate of drug-likeness (QED) is 0.251. The molecule has 3 aromatic rings. The zero-order valence-corrected chi connectivity index (χ0v) is 30.1. The zero-order valence-electron chi connectivity index (χ0n) is 30.1. The van der Waals surface area contributed by atoms with E-state index in [-0.39, 0.29) is 30.2 Å². The van der Waals surface area contributed by atoms with E-state index in [4.69, 9.17) is 0 Å². The molecule has 0 bridgehead atoms. The molecule has 12 nitrogen and oxygen atoms in total. The number of rotatable bonds is 5. The first-order valence-electron chi connectivity index (χ1n) is 19.0. The number of carbonyl (C=O) groups is 6. The summed E-state index contributed by atoms with van der Waals surface area (Å²) in [6.45, 7) is 4.96. The Morgan fingerprint density at radius 3 is 2.26 bits per heavy atom. The van der Waals surface area contributed by atoms with E-state index >= 15 is 0 Å². The molecule has 3 saturated heterocycles. The molecule has 1 unspecified atom stereocenters. The van der Waals surface area contributed by atoms with Gasteiger partial charge in [0.15, 0.2) is 0 Å². The average molecular weight is 733 g/mol. The SMILES string of the molecule is Cc1[nH]c2c(c1C(=O)N1CCC(CC3CCN(c4ccc5c(c4)C(=O)N(C4CCC(=O)NC4=O)C5=O)CC3)CC1)CC/C2=C1/C(=O)Nc2ccc(F)cc21. The van der Waals surface area contributed by atoms with Crippen LogP contribution in [-0.2, 0) is 20.8 Å². The molecule has 2 aromatic carbocycles. The van der Waals surface area contributed by atoms with Crippen LogP contribution in [0.5, 0.6) is 0 Å². The highest BCUT2D eigenvalue weighted by Crippen LogP contribution is 2.45. The molecule has 1 aromatic heterocycles. The number of anilines is 2. The van der Waals surface area contributed by atoms with Gasteiger partial charge < -0.3 is 20.1 Å². The lowest BCUT2D eigenvalue weighted by Gasteiger charge is -2.37. The molecule has 6 heterocycles. The number of likely N-dealkylation sites (tertiary alicyclic amines) is 1. The number of hydrogen-bond donors (Lipinski definition) is 3. The summed E-state index contributed by atoms with van der Waals surface area (Å²) in [4.78, 5) is 86.1. The fourth-order valence-corrected chi connectivity index (χ4v) is 9.62. The van der Waals surface area contributed by atoms with E-state index in [1.54, 1.807) is 18.2 Å². The van der Waals surface area contributed by atoms with Gasteiger partial charge in [-0.05, 0) is 118 Å². The van der Waals surface area contributed by atoms with Crippen LogP contribution in [-0.4, -0.2) is 82.4 Å². The minimum Gasteiger partial charge on any atom is -0.371 e. The van der Waals surface area contributed by atoms with Crippen LogP contribution >= 0.6 is 0 Å². The van der Waals surface area contributed by atoms with E-state index < -0.39 is 35.5 Å². The number of H-pyrrole nitrogens is 1. The van der Waals surface area contributed by atoms with Crippen LogP contribution in [0.25, 0.3) is 11.1 Å². The fraction of sp³-hybridized carbons (Fsp3) is 0.415. The Bertz CT molecular complexity index is 2210. The summed E-state index contributed by atoms with van der Waals surface area (Å²) < 4.78 is 14.1. The molecule has 54 heavy (non-hydrogen) atoms. The van der Waals surface area contributed by atoms with Gasteiger partial charge in [0, 0.05) is 60.9 Å². The highest BCUT2D eigenvalue weighted by atomic mass is 19.1. The highest BCUT2D eigenvalue weighted by molar-refractivity contribution is 6.37. The monoisotopic (exact) mass is 732 g/mol. The number of hydrogen-bond acceptors (Lipinski definition) is 7. The largest absolute Gasteiger partial charge is 0.371 e. The van der Waals surface area contributed by atoms with Crippen molar-refractivity contribution >= 4 is 58.0 Å². The van der Waals surface area contributed by atoms with E-state index in [1.165, 1.54) is 12.1 Å². The van der Waals surface area contributed by atoms with Crippen LogP contribution in [0, 0.1) is 24.6 Å². The van der Waals surface area contributed by atoms with Crippen LogP contribution in [0.1, 0.15) is 105 Å². The Morgan fingerprint density at radius 1 is 0.796 bits per heavy atom. The molecule has 3 N–H and O–H groups in total. The molecule has 5 aliphatic heterocycles. The second kappa shape index (κ2) is 13.1. The van der Waals surface area contributed by atoms with Gasteiger partial charge in [-0.3, -0.25) is 39.0 Å². The molecule has 9 rings (SSSR count). The van der Waals surface area contributed by atoms with Gasteiger partial charge >= 0.3 is 0 Å². The van der Waals surface area contributed by atoms with E-state index in [0.29, 0.717) is 65.7 Å². The molecule has 0 saturated carbocycles. The maximum Gasteiger partial charge on any atom is 0.262 e. The summed E-state index contributed by atoms with van der Waals surface area (Å²) >= 11 is 0. The number of benzene rings is 2. The first-order valence-corrected chi connectivity index (χ1v) is 19.0. The summed E-state index contributed by atoms with van der Waals surface area (Å²) in [7, 11) is 0. The molecule has 278 valence electrons. The van der Waals surface area contributed by atoms with Crippen molar-refractivity contribution in [2.24, 2.45) is 11.8 Å². The Kier molecular flexibility index (Phi) is 8.27. The van der Waals surface area contributed by atoms with Crippen molar-refractivity contribution in [3.8, 4) is 0 Å². The number of piperidine rings is 3. The molecule has 3 fully saturated rings.